The van der Waals surface area contributed by atoms with E-state index in [1.165, 1.54) is 0 Å². The van der Waals surface area contributed by atoms with Gasteiger partial charge in [0.25, 0.3) is 0 Å². The Kier molecular flexibility index (Phi) is 5.52. The maximum Gasteiger partial charge on any atom is 0.240 e. The molecule has 0 aliphatic heterocycles. The molecule has 0 radical (unpaired) electrons. The van der Waals surface area contributed by atoms with E-state index in [-0.39, 0.29) is 19.0 Å². The van der Waals surface area contributed by atoms with Crippen LogP contribution in [0.25, 0.3) is 0 Å². The van der Waals surface area contributed by atoms with Crippen molar-refractivity contribution in [2.45, 2.75) is 13.3 Å². The zero-order valence-corrected chi connectivity index (χ0v) is 10.5. The van der Waals surface area contributed by atoms with E-state index in [4.69, 9.17) is 11.0 Å². The molecule has 0 atom stereocenters. The summed E-state index contributed by atoms with van der Waals surface area (Å²) in [5.41, 5.74) is 7.29. The van der Waals surface area contributed by atoms with Crippen LogP contribution in [0.5, 0.6) is 0 Å². The van der Waals surface area contributed by atoms with Crippen molar-refractivity contribution < 1.29 is 4.79 Å². The molecule has 3 N–H and O–H groups in total. The molecule has 0 aromatic heterocycles. The molecule has 0 aliphatic carbocycles. The normalized spacial score (nSPS) is 9.56. The Bertz CT molecular complexity index is 422. The van der Waals surface area contributed by atoms with Crippen molar-refractivity contribution in [1.82, 2.24) is 5.32 Å². The average Bonchev–Trinajstić information content (AvgIpc) is 2.37. The molecule has 0 aliphatic rings. The van der Waals surface area contributed by atoms with Crippen LogP contribution in [-0.2, 0) is 4.79 Å². The van der Waals surface area contributed by atoms with Gasteiger partial charge in [-0.15, -0.1) is 0 Å². The lowest BCUT2D eigenvalue weighted by Crippen LogP contribution is -2.37. The van der Waals surface area contributed by atoms with Crippen LogP contribution in [0.2, 0.25) is 0 Å². The fourth-order valence-electron chi connectivity index (χ4n) is 1.62. The van der Waals surface area contributed by atoms with Gasteiger partial charge in [-0.3, -0.25) is 4.79 Å². The fourth-order valence-corrected chi connectivity index (χ4v) is 1.62. The number of nitriles is 1. The molecule has 0 saturated carbocycles. The molecule has 0 unspecified atom stereocenters. The number of amides is 1. The minimum absolute atomic E-state index is 0.0422. The quantitative estimate of drug-likeness (QED) is 0.582. The van der Waals surface area contributed by atoms with Crippen molar-refractivity contribution in [3.05, 3.63) is 24.3 Å². The number of hydrogen-bond donors (Lipinski definition) is 2. The van der Waals surface area contributed by atoms with Crippen molar-refractivity contribution in [3.8, 4) is 6.07 Å². The van der Waals surface area contributed by atoms with Crippen molar-refractivity contribution in [2.24, 2.45) is 0 Å². The monoisotopic (exact) mass is 246 g/mol. The van der Waals surface area contributed by atoms with E-state index >= 15 is 0 Å². The molecule has 96 valence electrons. The third kappa shape index (κ3) is 4.34. The van der Waals surface area contributed by atoms with Crippen molar-refractivity contribution in [3.63, 3.8) is 0 Å². The predicted octanol–water partition coefficient (Wildman–Crippen LogP) is 1.12. The van der Waals surface area contributed by atoms with Gasteiger partial charge < -0.3 is 16.0 Å². The Morgan fingerprint density at radius 1 is 1.44 bits per heavy atom. The highest BCUT2D eigenvalue weighted by Gasteiger charge is 2.10. The van der Waals surface area contributed by atoms with Crippen molar-refractivity contribution in [1.29, 1.82) is 5.26 Å². The number of nitrogens with zero attached hydrogens (tertiary/aromatic N) is 2. The maximum atomic E-state index is 11.6. The van der Waals surface area contributed by atoms with Gasteiger partial charge in [0, 0.05) is 17.9 Å². The summed E-state index contributed by atoms with van der Waals surface area (Å²) in [4.78, 5) is 13.6. The molecule has 1 amide bonds. The van der Waals surface area contributed by atoms with E-state index in [0.29, 0.717) is 5.69 Å². The SMILES string of the molecule is CCCN(CC(=O)NCC#N)c1ccc(N)cc1. The molecule has 5 nitrogen and oxygen atoms in total. The predicted molar refractivity (Wildman–Crippen MR) is 72.0 cm³/mol. The molecule has 1 aromatic rings. The van der Waals surface area contributed by atoms with E-state index < -0.39 is 0 Å². The minimum Gasteiger partial charge on any atom is -0.399 e. The molecular weight excluding hydrogens is 228 g/mol. The van der Waals surface area contributed by atoms with Gasteiger partial charge in [0.05, 0.1) is 12.6 Å². The van der Waals surface area contributed by atoms with Gasteiger partial charge in [-0.05, 0) is 30.7 Å². The Morgan fingerprint density at radius 3 is 2.67 bits per heavy atom. The van der Waals surface area contributed by atoms with Crippen LogP contribution in [0.15, 0.2) is 24.3 Å². The van der Waals surface area contributed by atoms with Gasteiger partial charge in [0.2, 0.25) is 5.91 Å². The summed E-state index contributed by atoms with van der Waals surface area (Å²) < 4.78 is 0. The number of hydrogen-bond acceptors (Lipinski definition) is 4. The summed E-state index contributed by atoms with van der Waals surface area (Å²) in [7, 11) is 0. The summed E-state index contributed by atoms with van der Waals surface area (Å²) in [5.74, 6) is -0.151. The third-order valence-corrected chi connectivity index (χ3v) is 2.45. The molecule has 1 aromatic carbocycles. The second-order valence-electron chi connectivity index (χ2n) is 3.95. The molecule has 0 fully saturated rings. The number of benzene rings is 1. The van der Waals surface area contributed by atoms with Crippen LogP contribution in [0.4, 0.5) is 11.4 Å². The largest absolute Gasteiger partial charge is 0.399 e. The van der Waals surface area contributed by atoms with Crippen LogP contribution in [0.1, 0.15) is 13.3 Å². The molecule has 0 spiro atoms. The third-order valence-electron chi connectivity index (χ3n) is 2.45. The van der Waals surface area contributed by atoms with Crippen LogP contribution < -0.4 is 16.0 Å². The first-order valence-electron chi connectivity index (χ1n) is 5.91. The average molecular weight is 246 g/mol. The molecular formula is C13H18N4O. The number of anilines is 2. The molecule has 0 heterocycles. The summed E-state index contributed by atoms with van der Waals surface area (Å²) >= 11 is 0. The first-order chi connectivity index (χ1) is 8.67. The van der Waals surface area contributed by atoms with Crippen LogP contribution >= 0.6 is 0 Å². The highest BCUT2D eigenvalue weighted by Crippen LogP contribution is 2.16. The first kappa shape index (κ1) is 13.8. The lowest BCUT2D eigenvalue weighted by Gasteiger charge is -2.23. The summed E-state index contributed by atoms with van der Waals surface area (Å²) in [6, 6.07) is 9.29. The van der Waals surface area contributed by atoms with Crippen molar-refractivity contribution in [2.75, 3.05) is 30.3 Å². The Balaban J connectivity index is 2.67. The van der Waals surface area contributed by atoms with E-state index in [1.807, 2.05) is 35.2 Å². The Hall–Kier alpha value is -2.22. The fraction of sp³-hybridized carbons (Fsp3) is 0.385. The molecule has 0 bridgehead atoms. The number of nitrogen functional groups attached to an aromatic ring is 1. The van der Waals surface area contributed by atoms with Gasteiger partial charge in [0.15, 0.2) is 0 Å². The lowest BCUT2D eigenvalue weighted by molar-refractivity contribution is -0.119. The standard InChI is InChI=1S/C13H18N4O/c1-2-9-17(10-13(18)16-8-7-14)12-5-3-11(15)4-6-12/h3-6H,2,8-10,15H2,1H3,(H,16,18). The Labute approximate surface area is 107 Å². The van der Waals surface area contributed by atoms with E-state index in [9.17, 15) is 4.79 Å². The van der Waals surface area contributed by atoms with Gasteiger partial charge in [-0.1, -0.05) is 6.92 Å². The zero-order valence-electron chi connectivity index (χ0n) is 10.5. The van der Waals surface area contributed by atoms with Crippen LogP contribution in [0.3, 0.4) is 0 Å². The van der Waals surface area contributed by atoms with E-state index in [0.717, 1.165) is 18.7 Å². The molecule has 0 saturated heterocycles. The first-order valence-corrected chi connectivity index (χ1v) is 5.91. The summed E-state index contributed by atoms with van der Waals surface area (Å²) in [6.07, 6.45) is 0.940. The van der Waals surface area contributed by atoms with Gasteiger partial charge in [0.1, 0.15) is 6.54 Å². The number of nitrogens with one attached hydrogen (secondary N) is 1. The number of carbonyl (C=O) groups excluding carboxylic acids is 1. The van der Waals surface area contributed by atoms with Gasteiger partial charge >= 0.3 is 0 Å². The molecule has 5 heteroatoms. The van der Waals surface area contributed by atoms with Crippen LogP contribution in [-0.4, -0.2) is 25.5 Å². The Morgan fingerprint density at radius 2 is 2.11 bits per heavy atom. The molecule has 1 rings (SSSR count). The van der Waals surface area contributed by atoms with Crippen LogP contribution in [0, 0.1) is 11.3 Å². The number of carbonyl (C=O) groups is 1. The highest BCUT2D eigenvalue weighted by atomic mass is 16.2. The topological polar surface area (TPSA) is 82.2 Å². The van der Waals surface area contributed by atoms with Crippen molar-refractivity contribution >= 4 is 17.3 Å². The van der Waals surface area contributed by atoms with E-state index in [2.05, 4.69) is 12.2 Å². The number of rotatable bonds is 6. The smallest absolute Gasteiger partial charge is 0.240 e. The maximum absolute atomic E-state index is 11.6. The molecule has 18 heavy (non-hydrogen) atoms. The summed E-state index contributed by atoms with van der Waals surface area (Å²) in [6.45, 7) is 3.13. The van der Waals surface area contributed by atoms with Gasteiger partial charge in [-0.2, -0.15) is 5.26 Å². The lowest BCUT2D eigenvalue weighted by atomic mass is 10.2. The highest BCUT2D eigenvalue weighted by molar-refractivity contribution is 5.81. The minimum atomic E-state index is -0.151. The number of nitrogens with two attached hydrogens (primary N) is 1. The second-order valence-corrected chi connectivity index (χ2v) is 3.95. The zero-order chi connectivity index (χ0) is 13.4. The summed E-state index contributed by atoms with van der Waals surface area (Å²) in [5, 5.41) is 10.9. The van der Waals surface area contributed by atoms with Gasteiger partial charge in [-0.25, -0.2) is 0 Å². The van der Waals surface area contributed by atoms with E-state index in [1.54, 1.807) is 0 Å². The second kappa shape index (κ2) is 7.17.